The maximum absolute atomic E-state index is 13.4. The number of rotatable bonds is 7. The van der Waals surface area contributed by atoms with Crippen molar-refractivity contribution in [3.63, 3.8) is 0 Å². The Balaban J connectivity index is 1.53. The topological polar surface area (TPSA) is 113 Å². The normalized spacial score (nSPS) is 10.6. The summed E-state index contributed by atoms with van der Waals surface area (Å²) in [4.78, 5) is 20.5. The van der Waals surface area contributed by atoms with Gasteiger partial charge in [-0.2, -0.15) is 0 Å². The molecule has 34 heavy (non-hydrogen) atoms. The number of halogens is 2. The van der Waals surface area contributed by atoms with Crippen LogP contribution in [0.15, 0.2) is 73.1 Å². The van der Waals surface area contributed by atoms with Gasteiger partial charge in [-0.3, -0.25) is 9.78 Å². The minimum Gasteiger partial charge on any atom is -0.507 e. The Labute approximate surface area is 200 Å². The van der Waals surface area contributed by atoms with Crippen LogP contribution in [0.2, 0.25) is 5.02 Å². The zero-order chi connectivity index (χ0) is 24.1. The minimum absolute atomic E-state index is 0.0120. The number of nitrogens with two attached hydrogens (primary N) is 1. The second-order valence-corrected chi connectivity index (χ2v) is 7.89. The third-order valence-corrected chi connectivity index (χ3v) is 5.39. The van der Waals surface area contributed by atoms with Crippen molar-refractivity contribution in [1.29, 1.82) is 0 Å². The van der Waals surface area contributed by atoms with Gasteiger partial charge in [0.05, 0.1) is 5.69 Å². The van der Waals surface area contributed by atoms with Crippen molar-refractivity contribution in [2.24, 2.45) is 0 Å². The van der Waals surface area contributed by atoms with Gasteiger partial charge >= 0.3 is 0 Å². The number of aromatic nitrogens is 2. The summed E-state index contributed by atoms with van der Waals surface area (Å²) in [6, 6.07) is 16.5. The highest BCUT2D eigenvalue weighted by Gasteiger charge is 2.12. The van der Waals surface area contributed by atoms with Gasteiger partial charge in [0.1, 0.15) is 18.2 Å². The van der Waals surface area contributed by atoms with Gasteiger partial charge in [0.15, 0.2) is 0 Å². The van der Waals surface area contributed by atoms with Gasteiger partial charge in [0.2, 0.25) is 0 Å². The lowest BCUT2D eigenvalue weighted by Gasteiger charge is -2.14. The summed E-state index contributed by atoms with van der Waals surface area (Å²) in [5, 5.41) is 16.8. The average molecular weight is 478 g/mol. The van der Waals surface area contributed by atoms with E-state index in [1.807, 2.05) is 0 Å². The summed E-state index contributed by atoms with van der Waals surface area (Å²) in [7, 11) is 0. The molecule has 2 heterocycles. The maximum atomic E-state index is 13.4. The first-order valence-electron chi connectivity index (χ1n) is 10.3. The highest BCUT2D eigenvalue weighted by molar-refractivity contribution is 6.30. The van der Waals surface area contributed by atoms with Gasteiger partial charge in [-0.25, -0.2) is 9.37 Å². The molecule has 0 saturated heterocycles. The number of amides is 1. The molecule has 172 valence electrons. The lowest BCUT2D eigenvalue weighted by Crippen LogP contribution is -2.23. The zero-order valence-electron chi connectivity index (χ0n) is 17.9. The van der Waals surface area contributed by atoms with E-state index in [1.165, 1.54) is 6.07 Å². The van der Waals surface area contributed by atoms with Crippen molar-refractivity contribution in [2.45, 2.75) is 13.2 Å². The van der Waals surface area contributed by atoms with Crippen molar-refractivity contribution in [2.75, 3.05) is 11.1 Å². The fraction of sp³-hybridized carbons (Fsp3) is 0.0800. The highest BCUT2D eigenvalue weighted by Crippen LogP contribution is 2.33. The van der Waals surface area contributed by atoms with E-state index >= 15 is 0 Å². The molecule has 5 N–H and O–H groups in total. The van der Waals surface area contributed by atoms with E-state index in [9.17, 15) is 14.3 Å². The number of carbonyl (C=O) groups excluding carboxylic acids is 1. The summed E-state index contributed by atoms with van der Waals surface area (Å²) in [5.74, 6) is -0.0159. The molecular weight excluding hydrogens is 457 g/mol. The number of pyridine rings is 2. The number of hydrogen-bond acceptors (Lipinski definition) is 6. The number of benzene rings is 2. The van der Waals surface area contributed by atoms with E-state index in [0.717, 1.165) is 0 Å². The highest BCUT2D eigenvalue weighted by atomic mass is 35.5. The summed E-state index contributed by atoms with van der Waals surface area (Å²) >= 11 is 5.95. The molecule has 0 saturated carbocycles. The third kappa shape index (κ3) is 5.24. The fourth-order valence-electron chi connectivity index (χ4n) is 3.35. The first kappa shape index (κ1) is 23.0. The van der Waals surface area contributed by atoms with E-state index in [-0.39, 0.29) is 24.0 Å². The lowest BCUT2D eigenvalue weighted by molar-refractivity contribution is 0.0951. The number of anilines is 3. The fourth-order valence-corrected chi connectivity index (χ4v) is 3.55. The molecule has 4 aromatic rings. The molecule has 4 rings (SSSR count). The molecule has 0 fully saturated rings. The monoisotopic (exact) mass is 477 g/mol. The van der Waals surface area contributed by atoms with Crippen LogP contribution < -0.4 is 16.4 Å². The molecule has 0 spiro atoms. The minimum atomic E-state index is -0.676. The van der Waals surface area contributed by atoms with Crippen LogP contribution in [0.25, 0.3) is 11.3 Å². The summed E-state index contributed by atoms with van der Waals surface area (Å²) in [6.45, 7) is -0.485. The first-order valence-corrected chi connectivity index (χ1v) is 10.7. The second kappa shape index (κ2) is 10.2. The van der Waals surface area contributed by atoms with E-state index in [2.05, 4.69) is 20.6 Å². The van der Waals surface area contributed by atoms with Gasteiger partial charge in [0, 0.05) is 57.6 Å². The predicted octanol–water partition coefficient (Wildman–Crippen LogP) is 5.23. The number of nitrogen functional groups attached to an aromatic ring is 1. The Morgan fingerprint density at radius 2 is 1.82 bits per heavy atom. The van der Waals surface area contributed by atoms with E-state index < -0.39 is 6.67 Å². The van der Waals surface area contributed by atoms with Crippen molar-refractivity contribution in [3.05, 3.63) is 94.8 Å². The molecule has 2 aromatic carbocycles. The van der Waals surface area contributed by atoms with Crippen LogP contribution in [-0.4, -0.2) is 21.0 Å². The zero-order valence-corrected chi connectivity index (χ0v) is 18.7. The van der Waals surface area contributed by atoms with Gasteiger partial charge in [-0.05, 0) is 54.6 Å². The summed E-state index contributed by atoms with van der Waals surface area (Å²) < 4.78 is 13.4. The molecule has 2 aromatic heterocycles. The van der Waals surface area contributed by atoms with Gasteiger partial charge in [0.25, 0.3) is 5.91 Å². The number of hydrogen-bond donors (Lipinski definition) is 4. The lowest BCUT2D eigenvalue weighted by atomic mass is 10.1. The molecule has 0 aliphatic rings. The molecule has 0 aliphatic carbocycles. The van der Waals surface area contributed by atoms with Crippen LogP contribution in [0.1, 0.15) is 21.5 Å². The largest absolute Gasteiger partial charge is 0.507 e. The Bertz CT molecular complexity index is 1330. The molecule has 0 radical (unpaired) electrons. The molecule has 9 heteroatoms. The number of phenols is 1. The van der Waals surface area contributed by atoms with E-state index in [0.29, 0.717) is 44.3 Å². The standard InChI is InChI=1S/C25H21ClFN5O2/c26-18-2-5-21(17(11-18)13-27)31-19-3-6-23(33)20(12-19)22-4-1-16(24(28)32-22)14-30-25(34)15-7-9-29-10-8-15/h1-12,31,33H,13-14H2,(H2,28,32)(H,30,34). The SMILES string of the molecule is Nc1nc(-c2cc(Nc3ccc(Cl)cc3CF)ccc2O)ccc1CNC(=O)c1ccncc1. The maximum Gasteiger partial charge on any atom is 0.251 e. The van der Waals surface area contributed by atoms with Gasteiger partial charge < -0.3 is 21.5 Å². The second-order valence-electron chi connectivity index (χ2n) is 7.45. The number of nitrogens with one attached hydrogen (secondary N) is 2. The van der Waals surface area contributed by atoms with Crippen molar-refractivity contribution < 1.29 is 14.3 Å². The van der Waals surface area contributed by atoms with Crippen LogP contribution in [0, 0.1) is 0 Å². The number of phenolic OH excluding ortho intramolecular Hbond substituents is 1. The Kier molecular flexibility index (Phi) is 6.89. The third-order valence-electron chi connectivity index (χ3n) is 5.16. The summed E-state index contributed by atoms with van der Waals surface area (Å²) in [6.07, 6.45) is 3.08. The Morgan fingerprint density at radius 3 is 2.56 bits per heavy atom. The van der Waals surface area contributed by atoms with Crippen molar-refractivity contribution in [3.8, 4) is 17.0 Å². The van der Waals surface area contributed by atoms with E-state index in [4.69, 9.17) is 17.3 Å². The van der Waals surface area contributed by atoms with Crippen molar-refractivity contribution in [1.82, 2.24) is 15.3 Å². The van der Waals surface area contributed by atoms with Gasteiger partial charge in [-0.1, -0.05) is 17.7 Å². The first-order chi connectivity index (χ1) is 16.4. The quantitative estimate of drug-likeness (QED) is 0.271. The van der Waals surface area contributed by atoms with E-state index in [1.54, 1.807) is 67.0 Å². The van der Waals surface area contributed by atoms with Crippen LogP contribution >= 0.6 is 11.6 Å². The molecule has 0 aliphatic heterocycles. The van der Waals surface area contributed by atoms with Crippen LogP contribution in [0.4, 0.5) is 21.6 Å². The van der Waals surface area contributed by atoms with Crippen LogP contribution in [-0.2, 0) is 13.2 Å². The smallest absolute Gasteiger partial charge is 0.251 e. The van der Waals surface area contributed by atoms with Crippen LogP contribution in [0.5, 0.6) is 5.75 Å². The average Bonchev–Trinajstić information content (AvgIpc) is 2.85. The van der Waals surface area contributed by atoms with Crippen LogP contribution in [0.3, 0.4) is 0 Å². The number of aromatic hydroxyl groups is 1. The predicted molar refractivity (Wildman–Crippen MR) is 131 cm³/mol. The Hall–Kier alpha value is -4.17. The molecular formula is C25H21ClFN5O2. The molecule has 0 unspecified atom stereocenters. The van der Waals surface area contributed by atoms with Crippen molar-refractivity contribution >= 4 is 34.7 Å². The molecule has 0 atom stereocenters. The summed E-state index contributed by atoms with van der Waals surface area (Å²) in [5.41, 5.74) is 9.75. The van der Waals surface area contributed by atoms with Gasteiger partial charge in [-0.15, -0.1) is 0 Å². The number of alkyl halides is 1. The number of carbonyl (C=O) groups is 1. The number of nitrogens with zero attached hydrogens (tertiary/aromatic N) is 2. The molecule has 1 amide bonds. The molecule has 0 bridgehead atoms. The molecule has 7 nitrogen and oxygen atoms in total. The Morgan fingerprint density at radius 1 is 1.03 bits per heavy atom.